The van der Waals surface area contributed by atoms with Gasteiger partial charge in [0.1, 0.15) is 0 Å². The molecule has 0 amide bonds. The second-order valence-electron chi connectivity index (χ2n) is 15.1. The molecule has 3 rings (SSSR count). The molecule has 3 heterocycles. The van der Waals surface area contributed by atoms with Crippen LogP contribution in [-0.2, 0) is 33.3 Å². The minimum atomic E-state index is -1.53. The Morgan fingerprint density at radius 2 is 0.805 bits per heavy atom. The third-order valence-corrected chi connectivity index (χ3v) is 7.32. The summed E-state index contributed by atoms with van der Waals surface area (Å²) in [5.41, 5.74) is 6.86. The molecular weight excluding hydrogens is 565 g/mol. The molecule has 0 aliphatic carbocycles. The first kappa shape index (κ1) is 36.6. The smallest absolute Gasteiger partial charge is 0.444 e. The van der Waals surface area contributed by atoms with E-state index in [-0.39, 0.29) is 33.3 Å². The Kier molecular flexibility index (Phi) is 11.9. The molecule has 41 heavy (non-hydrogen) atoms. The molecule has 0 N–H and O–H groups in total. The van der Waals surface area contributed by atoms with Crippen LogP contribution in [0.4, 0.5) is 0 Å². The van der Waals surface area contributed by atoms with Crippen molar-refractivity contribution in [3.05, 3.63) is 62.5 Å². The van der Waals surface area contributed by atoms with Crippen molar-refractivity contribution in [2.75, 3.05) is 0 Å². The Labute approximate surface area is 258 Å². The van der Waals surface area contributed by atoms with Gasteiger partial charge in [-0.3, -0.25) is 0 Å². The predicted molar refractivity (Wildman–Crippen MR) is 168 cm³/mol. The Morgan fingerprint density at radius 3 is 0.951 bits per heavy atom. The molecular formula is C30H52BCuN7O2. The van der Waals surface area contributed by atoms with E-state index in [4.69, 9.17) is 25.4 Å². The molecule has 0 aromatic carbocycles. The molecule has 0 saturated heterocycles. The molecule has 3 aromatic heterocycles. The number of aromatic nitrogens is 6. The van der Waals surface area contributed by atoms with Crippen LogP contribution >= 0.6 is 0 Å². The third kappa shape index (κ3) is 8.34. The van der Waals surface area contributed by atoms with Crippen molar-refractivity contribution >= 4 is 7.12 Å². The number of rotatable bonds is 6. The van der Waals surface area contributed by atoms with Gasteiger partial charge in [-0.1, -0.05) is 104 Å². The van der Waals surface area contributed by atoms with Crippen LogP contribution < -0.4 is 0 Å². The Bertz CT molecular complexity index is 1130. The zero-order valence-corrected chi connectivity index (χ0v) is 28.9. The first-order valence-corrected chi connectivity index (χ1v) is 14.6. The van der Waals surface area contributed by atoms with Gasteiger partial charge in [0.15, 0.2) is 0 Å². The summed E-state index contributed by atoms with van der Waals surface area (Å²) in [5.74, 6) is 0.955. The molecule has 0 aliphatic rings. The maximum Gasteiger partial charge on any atom is 2.00 e. The van der Waals surface area contributed by atoms with Crippen molar-refractivity contribution in [3.63, 3.8) is 0 Å². The van der Waals surface area contributed by atoms with Crippen molar-refractivity contribution < 1.29 is 17.1 Å². The van der Waals surface area contributed by atoms with Gasteiger partial charge in [-0.05, 0) is 36.0 Å². The zero-order chi connectivity index (χ0) is 31.0. The van der Waals surface area contributed by atoms with Gasteiger partial charge in [-0.25, -0.2) is 15.3 Å². The zero-order valence-electron chi connectivity index (χ0n) is 27.9. The first-order valence-electron chi connectivity index (χ1n) is 14.6. The minimum absolute atomic E-state index is 0. The van der Waals surface area contributed by atoms with Crippen molar-refractivity contribution in [3.8, 4) is 0 Å². The van der Waals surface area contributed by atoms with Crippen LogP contribution in [0.2, 0.25) is 0 Å². The van der Waals surface area contributed by atoms with E-state index in [9.17, 15) is 0 Å². The largest absolute Gasteiger partial charge is 2.00 e. The van der Waals surface area contributed by atoms with E-state index in [2.05, 4.69) is 136 Å². The molecule has 1 radical (unpaired) electrons. The molecule has 0 aliphatic heterocycles. The van der Waals surface area contributed by atoms with Crippen molar-refractivity contribution in [1.82, 2.24) is 29.1 Å². The fraction of sp³-hybridized carbons (Fsp3) is 0.700. The van der Waals surface area contributed by atoms with Crippen LogP contribution in [-0.4, -0.2) is 36.2 Å². The normalized spacial score (nSPS) is 12.7. The van der Waals surface area contributed by atoms with Crippen LogP contribution in [0.3, 0.4) is 0 Å². The van der Waals surface area contributed by atoms with E-state index < -0.39 is 7.12 Å². The van der Waals surface area contributed by atoms with Gasteiger partial charge in [-0.15, -0.1) is 5.34 Å². The second kappa shape index (κ2) is 13.3. The van der Waals surface area contributed by atoms with E-state index in [0.717, 1.165) is 22.4 Å². The Hall–Kier alpha value is -2.39. The van der Waals surface area contributed by atoms with E-state index in [1.165, 1.54) is 17.1 Å². The predicted octanol–water partition coefficient (Wildman–Crippen LogP) is 7.45. The summed E-state index contributed by atoms with van der Waals surface area (Å²) in [5, 5.41) is 25.0. The van der Waals surface area contributed by atoms with Crippen molar-refractivity contribution in [2.45, 2.75) is 138 Å². The average Bonchev–Trinajstić information content (AvgIpc) is 3.51. The SMILES string of the molecule is CC(C)c1cc(C(C)(C)C)nn1[BH-](n1nc(C(C)(C)C)cc1C(C)C)n1nc(C(C)(C)C)cc1C(C)C.O=N[O-].[Cu+2]. The summed E-state index contributed by atoms with van der Waals surface area (Å²) in [4.78, 5) is 8.00. The van der Waals surface area contributed by atoms with Gasteiger partial charge in [0, 0.05) is 33.3 Å². The monoisotopic (exact) mass is 616 g/mol. The molecule has 233 valence electrons. The first-order chi connectivity index (χ1) is 18.1. The second-order valence-corrected chi connectivity index (χ2v) is 15.1. The van der Waals surface area contributed by atoms with E-state index in [1.807, 2.05) is 0 Å². The summed E-state index contributed by atoms with van der Waals surface area (Å²) in [6.45, 7) is 33.7. The molecule has 0 bridgehead atoms. The fourth-order valence-corrected chi connectivity index (χ4v) is 4.85. The van der Waals surface area contributed by atoms with Crippen LogP contribution in [0.25, 0.3) is 0 Å². The molecule has 9 nitrogen and oxygen atoms in total. The number of hydrogen-bond donors (Lipinski definition) is 0. The molecule has 11 heteroatoms. The van der Waals surface area contributed by atoms with Gasteiger partial charge in [0.25, 0.3) is 0 Å². The standard InChI is InChI=1S/C30H52BN6.Cu.HNO2/c1-19(2)22-16-25(28(7,8)9)32-35(22)31(36-23(20(3)4)17-26(33-36)29(10,11)12)37-24(21(5)6)18-27(34-37)30(13,14)15;;2-1-3/h16-21,31H,1-15H3;;(H,2,3)/q-1;+2;/p-1. The van der Waals surface area contributed by atoms with Gasteiger partial charge < -0.3 is 23.9 Å². The molecule has 0 atom stereocenters. The fourth-order valence-electron chi connectivity index (χ4n) is 4.85. The van der Waals surface area contributed by atoms with Gasteiger partial charge in [-0.2, -0.15) is 0 Å². The van der Waals surface area contributed by atoms with Crippen molar-refractivity contribution in [1.29, 1.82) is 0 Å². The Balaban J connectivity index is 0.00000201. The Morgan fingerprint density at radius 1 is 0.610 bits per heavy atom. The quantitative estimate of drug-likeness (QED) is 0.162. The van der Waals surface area contributed by atoms with Crippen LogP contribution in [0.5, 0.6) is 0 Å². The molecule has 0 spiro atoms. The summed E-state index contributed by atoms with van der Waals surface area (Å²) in [6.07, 6.45) is 0. The molecule has 0 fully saturated rings. The van der Waals surface area contributed by atoms with Gasteiger partial charge in [0.05, 0.1) is 17.1 Å². The van der Waals surface area contributed by atoms with Crippen LogP contribution in [0.15, 0.2) is 23.5 Å². The van der Waals surface area contributed by atoms with Gasteiger partial charge in [0.2, 0.25) is 0 Å². The van der Waals surface area contributed by atoms with Crippen LogP contribution in [0, 0.1) is 10.1 Å². The summed E-state index contributed by atoms with van der Waals surface area (Å²) in [7, 11) is -1.53. The summed E-state index contributed by atoms with van der Waals surface area (Å²) in [6, 6.07) is 6.91. The van der Waals surface area contributed by atoms with Crippen LogP contribution in [0.1, 0.15) is 156 Å². The van der Waals surface area contributed by atoms with E-state index in [1.54, 1.807) is 0 Å². The topological polar surface area (TPSA) is 106 Å². The van der Waals surface area contributed by atoms with Crippen molar-refractivity contribution in [2.24, 2.45) is 5.34 Å². The summed E-state index contributed by atoms with van der Waals surface area (Å²) < 4.78 is 6.84. The number of hydrogen-bond acceptors (Lipinski definition) is 6. The molecule has 3 aromatic rings. The van der Waals surface area contributed by atoms with E-state index in [0.29, 0.717) is 17.8 Å². The van der Waals surface area contributed by atoms with Gasteiger partial charge >= 0.3 is 24.2 Å². The average molecular weight is 617 g/mol. The molecule has 0 saturated carbocycles. The minimum Gasteiger partial charge on any atom is -0.444 e. The molecule has 0 unspecified atom stereocenters. The third-order valence-electron chi connectivity index (χ3n) is 7.32. The number of nitrogens with zero attached hydrogens (tertiary/aromatic N) is 7. The van der Waals surface area contributed by atoms with E-state index >= 15 is 0 Å². The summed E-state index contributed by atoms with van der Waals surface area (Å²) >= 11 is 0. The maximum absolute atomic E-state index is 8.00. The maximum atomic E-state index is 8.00.